The van der Waals surface area contributed by atoms with Gasteiger partial charge in [-0.15, -0.1) is 0 Å². The smallest absolute Gasteiger partial charge is 0.242 e. The number of carbonyl (C=O) groups excluding carboxylic acids is 2. The molecule has 1 aliphatic heterocycles. The Morgan fingerprint density at radius 3 is 2.38 bits per heavy atom. The summed E-state index contributed by atoms with van der Waals surface area (Å²) in [6, 6.07) is 14.1. The molecule has 39 heavy (non-hydrogen) atoms. The van der Waals surface area contributed by atoms with Crippen molar-refractivity contribution >= 4 is 27.5 Å². The van der Waals surface area contributed by atoms with Crippen LogP contribution in [-0.2, 0) is 26.2 Å². The molecule has 0 saturated heterocycles. The summed E-state index contributed by atoms with van der Waals surface area (Å²) >= 11 is 0. The van der Waals surface area contributed by atoms with Crippen LogP contribution in [0.3, 0.4) is 0 Å². The van der Waals surface area contributed by atoms with Gasteiger partial charge in [0, 0.05) is 31.6 Å². The number of hydrogen-bond donors (Lipinski definition) is 1. The molecule has 0 radical (unpaired) electrons. The van der Waals surface area contributed by atoms with Crippen LogP contribution in [0.2, 0.25) is 0 Å². The fraction of sp³-hybridized carbons (Fsp3) is 0.517. The van der Waals surface area contributed by atoms with E-state index in [0.717, 1.165) is 37.5 Å². The number of nitrogens with zero attached hydrogens (tertiary/aromatic N) is 2. The number of nitrogens with one attached hydrogen (secondary N) is 1. The second-order valence-corrected chi connectivity index (χ2v) is 12.2. The van der Waals surface area contributed by atoms with Crippen LogP contribution in [0.4, 0.5) is 5.69 Å². The van der Waals surface area contributed by atoms with Gasteiger partial charge in [-0.25, -0.2) is 8.42 Å². The lowest BCUT2D eigenvalue weighted by Crippen LogP contribution is -2.50. The van der Waals surface area contributed by atoms with E-state index in [1.54, 1.807) is 30.0 Å². The van der Waals surface area contributed by atoms with Crippen molar-refractivity contribution in [1.29, 1.82) is 0 Å². The Labute approximate surface area is 231 Å². The molecule has 4 rings (SSSR count). The molecule has 0 unspecified atom stereocenters. The van der Waals surface area contributed by atoms with Crippen molar-refractivity contribution in [3.05, 3.63) is 54.1 Å². The number of fused-ring (bicyclic) bond motifs is 1. The summed E-state index contributed by atoms with van der Waals surface area (Å²) in [6.45, 7) is 3.02. The van der Waals surface area contributed by atoms with Crippen LogP contribution in [0.1, 0.15) is 57.4 Å². The molecule has 2 aromatic carbocycles. The topological polar surface area (TPSA) is 105 Å². The summed E-state index contributed by atoms with van der Waals surface area (Å²) in [6.07, 6.45) is 6.87. The highest BCUT2D eigenvalue weighted by Gasteiger charge is 2.28. The van der Waals surface area contributed by atoms with Gasteiger partial charge in [-0.05, 0) is 43.9 Å². The number of sulfonamides is 1. The van der Waals surface area contributed by atoms with Gasteiger partial charge >= 0.3 is 0 Å². The van der Waals surface area contributed by atoms with Crippen molar-refractivity contribution in [2.75, 3.05) is 30.3 Å². The average molecular weight is 558 g/mol. The van der Waals surface area contributed by atoms with Crippen molar-refractivity contribution in [3.8, 4) is 11.5 Å². The molecule has 212 valence electrons. The number of carbonyl (C=O) groups is 2. The van der Waals surface area contributed by atoms with Crippen LogP contribution in [0.15, 0.2) is 48.5 Å². The summed E-state index contributed by atoms with van der Waals surface area (Å²) in [5, 5.41) is 3.14. The number of rotatable bonds is 11. The highest BCUT2D eigenvalue weighted by molar-refractivity contribution is 7.92. The fourth-order valence-corrected chi connectivity index (χ4v) is 6.08. The number of benzene rings is 2. The second kappa shape index (κ2) is 13.2. The zero-order chi connectivity index (χ0) is 27.8. The highest BCUT2D eigenvalue weighted by Crippen LogP contribution is 2.34. The van der Waals surface area contributed by atoms with Gasteiger partial charge in [0.25, 0.3) is 0 Å². The molecular formula is C29H39N3O6S. The average Bonchev–Trinajstić information content (AvgIpc) is 2.93. The molecule has 0 spiro atoms. The number of amides is 2. The Kier molecular flexibility index (Phi) is 9.72. The Hall–Kier alpha value is -3.27. The molecule has 10 heteroatoms. The molecular weight excluding hydrogens is 518 g/mol. The molecule has 0 bridgehead atoms. The predicted molar refractivity (Wildman–Crippen MR) is 150 cm³/mol. The van der Waals surface area contributed by atoms with Crippen LogP contribution >= 0.6 is 0 Å². The van der Waals surface area contributed by atoms with E-state index in [2.05, 4.69) is 5.32 Å². The SMILES string of the molecule is C[C@@H](C(=O)NC1CCCCC1)N(Cc1ccccc1)C(=O)CCCN(c1ccc2c(c1)OCCO2)S(C)(=O)=O. The lowest BCUT2D eigenvalue weighted by Gasteiger charge is -2.31. The molecule has 2 amide bonds. The van der Waals surface area contributed by atoms with Crippen LogP contribution < -0.4 is 19.1 Å². The van der Waals surface area contributed by atoms with Crippen molar-refractivity contribution in [3.63, 3.8) is 0 Å². The first kappa shape index (κ1) is 28.7. The van der Waals surface area contributed by atoms with Gasteiger partial charge in [-0.1, -0.05) is 49.6 Å². The van der Waals surface area contributed by atoms with Gasteiger partial charge in [0.15, 0.2) is 11.5 Å². The quantitative estimate of drug-likeness (QED) is 0.450. The minimum atomic E-state index is -3.61. The molecule has 1 N–H and O–H groups in total. The molecule has 1 fully saturated rings. The zero-order valence-electron chi connectivity index (χ0n) is 22.8. The van der Waals surface area contributed by atoms with E-state index in [1.807, 2.05) is 30.3 Å². The minimum absolute atomic E-state index is 0.102. The lowest BCUT2D eigenvalue weighted by molar-refractivity contribution is -0.141. The Morgan fingerprint density at radius 2 is 1.69 bits per heavy atom. The number of ether oxygens (including phenoxy) is 2. The molecule has 2 aliphatic rings. The Morgan fingerprint density at radius 1 is 1.00 bits per heavy atom. The van der Waals surface area contributed by atoms with E-state index in [1.165, 1.54) is 10.7 Å². The van der Waals surface area contributed by atoms with E-state index in [9.17, 15) is 18.0 Å². The number of hydrogen-bond acceptors (Lipinski definition) is 6. The van der Waals surface area contributed by atoms with Gasteiger partial charge in [0.1, 0.15) is 19.3 Å². The fourth-order valence-electron chi connectivity index (χ4n) is 5.12. The first-order valence-corrected chi connectivity index (χ1v) is 15.6. The first-order valence-electron chi connectivity index (χ1n) is 13.7. The molecule has 1 aliphatic carbocycles. The van der Waals surface area contributed by atoms with E-state index in [0.29, 0.717) is 43.4 Å². The predicted octanol–water partition coefficient (Wildman–Crippen LogP) is 3.87. The van der Waals surface area contributed by atoms with E-state index in [-0.39, 0.29) is 30.8 Å². The van der Waals surface area contributed by atoms with Crippen molar-refractivity contribution in [1.82, 2.24) is 10.2 Å². The van der Waals surface area contributed by atoms with Crippen molar-refractivity contribution < 1.29 is 27.5 Å². The van der Waals surface area contributed by atoms with Crippen molar-refractivity contribution in [2.24, 2.45) is 0 Å². The maximum absolute atomic E-state index is 13.5. The standard InChI is InChI=1S/C29H39N3O6S/c1-22(29(34)30-24-12-7-4-8-13-24)31(21-23-10-5-3-6-11-23)28(33)14-9-17-32(39(2,35)36)25-15-16-26-27(20-25)38-19-18-37-26/h3,5-6,10-11,15-16,20,22,24H,4,7-9,12-14,17-19,21H2,1-2H3,(H,30,34)/t22-/m0/s1. The summed E-state index contributed by atoms with van der Waals surface area (Å²) in [4.78, 5) is 28.2. The van der Waals surface area contributed by atoms with Crippen LogP contribution in [0.25, 0.3) is 0 Å². The largest absolute Gasteiger partial charge is 0.486 e. The van der Waals surface area contributed by atoms with E-state index >= 15 is 0 Å². The normalized spacial score (nSPS) is 16.3. The van der Waals surface area contributed by atoms with E-state index in [4.69, 9.17) is 9.47 Å². The van der Waals surface area contributed by atoms with E-state index < -0.39 is 16.1 Å². The maximum atomic E-state index is 13.5. The monoisotopic (exact) mass is 557 g/mol. The van der Waals surface area contributed by atoms with Crippen LogP contribution in [0.5, 0.6) is 11.5 Å². The van der Waals surface area contributed by atoms with Gasteiger partial charge in [0.2, 0.25) is 21.8 Å². The third kappa shape index (κ3) is 7.88. The Bertz CT molecular complexity index is 1230. The lowest BCUT2D eigenvalue weighted by atomic mass is 9.95. The van der Waals surface area contributed by atoms with Crippen molar-refractivity contribution in [2.45, 2.75) is 70.5 Å². The Balaban J connectivity index is 1.43. The summed E-state index contributed by atoms with van der Waals surface area (Å²) in [5.41, 5.74) is 1.38. The van der Waals surface area contributed by atoms with Crippen LogP contribution in [0, 0.1) is 0 Å². The molecule has 0 aromatic heterocycles. The minimum Gasteiger partial charge on any atom is -0.486 e. The summed E-state index contributed by atoms with van der Waals surface area (Å²) in [7, 11) is -3.61. The third-order valence-corrected chi connectivity index (χ3v) is 8.47. The molecule has 1 atom stereocenters. The van der Waals surface area contributed by atoms with Gasteiger partial charge < -0.3 is 19.7 Å². The van der Waals surface area contributed by atoms with Gasteiger partial charge in [-0.3, -0.25) is 13.9 Å². The molecule has 1 saturated carbocycles. The van der Waals surface area contributed by atoms with Crippen LogP contribution in [-0.4, -0.2) is 63.2 Å². The summed E-state index contributed by atoms with van der Waals surface area (Å²) < 4.78 is 37.7. The molecule has 1 heterocycles. The first-order chi connectivity index (χ1) is 18.7. The summed E-state index contributed by atoms with van der Waals surface area (Å²) in [5.74, 6) is 0.724. The van der Waals surface area contributed by atoms with Gasteiger partial charge in [-0.2, -0.15) is 0 Å². The molecule has 9 nitrogen and oxygen atoms in total. The highest BCUT2D eigenvalue weighted by atomic mass is 32.2. The third-order valence-electron chi connectivity index (χ3n) is 7.28. The second-order valence-electron chi connectivity index (χ2n) is 10.3. The molecule has 2 aromatic rings. The zero-order valence-corrected chi connectivity index (χ0v) is 23.6. The van der Waals surface area contributed by atoms with Gasteiger partial charge in [0.05, 0.1) is 11.9 Å². The maximum Gasteiger partial charge on any atom is 0.242 e. The number of anilines is 1.